The van der Waals surface area contributed by atoms with E-state index in [0.29, 0.717) is 6.54 Å². The van der Waals surface area contributed by atoms with Crippen molar-refractivity contribution in [1.82, 2.24) is 15.4 Å². The van der Waals surface area contributed by atoms with Gasteiger partial charge in [0.25, 0.3) is 0 Å². The first kappa shape index (κ1) is 14.3. The maximum absolute atomic E-state index is 5.96. The van der Waals surface area contributed by atoms with Crippen LogP contribution in [0, 0.1) is 3.57 Å². The van der Waals surface area contributed by atoms with Crippen molar-refractivity contribution in [3.05, 3.63) is 62.8 Å². The molecule has 0 aliphatic carbocycles. The van der Waals surface area contributed by atoms with E-state index in [1.807, 2.05) is 48.5 Å². The van der Waals surface area contributed by atoms with Gasteiger partial charge in [-0.2, -0.15) is 15.4 Å². The van der Waals surface area contributed by atoms with Crippen molar-refractivity contribution in [2.75, 3.05) is 5.32 Å². The number of hydrogen-bond donors (Lipinski definition) is 2. The van der Waals surface area contributed by atoms with Crippen LogP contribution in [0.3, 0.4) is 0 Å². The minimum atomic E-state index is 0.596. The molecule has 2 N–H and O–H groups in total. The van der Waals surface area contributed by atoms with Gasteiger partial charge in [-0.3, -0.25) is 0 Å². The Balaban J connectivity index is 1.79. The number of anilines is 1. The first-order chi connectivity index (χ1) is 10.2. The van der Waals surface area contributed by atoms with Crippen LogP contribution in [0.4, 0.5) is 5.69 Å². The number of nitrogens with zero attached hydrogens (tertiary/aromatic N) is 2. The minimum absolute atomic E-state index is 0.596. The fourth-order valence-electron chi connectivity index (χ4n) is 2.02. The highest BCUT2D eigenvalue weighted by Crippen LogP contribution is 2.24. The molecule has 0 spiro atoms. The number of halogens is 2. The van der Waals surface area contributed by atoms with E-state index in [-0.39, 0.29) is 0 Å². The molecule has 106 valence electrons. The third-order valence-corrected chi connectivity index (χ3v) is 4.17. The molecule has 0 unspecified atom stereocenters. The first-order valence-corrected chi connectivity index (χ1v) is 7.83. The van der Waals surface area contributed by atoms with Gasteiger partial charge >= 0.3 is 0 Å². The molecule has 1 heterocycles. The summed E-state index contributed by atoms with van der Waals surface area (Å²) in [5.41, 5.74) is 3.83. The van der Waals surface area contributed by atoms with Crippen LogP contribution in [0.1, 0.15) is 5.69 Å². The Morgan fingerprint density at radius 2 is 1.90 bits per heavy atom. The first-order valence-electron chi connectivity index (χ1n) is 6.38. The highest BCUT2D eigenvalue weighted by molar-refractivity contribution is 14.1. The average Bonchev–Trinajstić information content (AvgIpc) is 2.96. The van der Waals surface area contributed by atoms with Crippen molar-refractivity contribution in [2.45, 2.75) is 6.54 Å². The Morgan fingerprint density at radius 3 is 2.67 bits per heavy atom. The fraction of sp³-hybridized carbons (Fsp3) is 0.0667. The molecular weight excluding hydrogens is 399 g/mol. The van der Waals surface area contributed by atoms with Gasteiger partial charge in [0.05, 0.1) is 6.54 Å². The molecule has 3 aromatic rings. The summed E-state index contributed by atoms with van der Waals surface area (Å²) in [7, 11) is 0. The quantitative estimate of drug-likeness (QED) is 0.629. The van der Waals surface area contributed by atoms with E-state index < -0.39 is 0 Å². The summed E-state index contributed by atoms with van der Waals surface area (Å²) in [6.07, 6.45) is 0. The van der Waals surface area contributed by atoms with E-state index in [2.05, 4.69) is 43.3 Å². The molecule has 3 rings (SSSR count). The molecular formula is C15H12ClIN4. The van der Waals surface area contributed by atoms with Gasteiger partial charge in [-0.25, -0.2) is 0 Å². The van der Waals surface area contributed by atoms with Crippen LogP contribution in [0.15, 0.2) is 48.5 Å². The SMILES string of the molecule is Clc1ccc(NCc2n[nH]nc2-c2ccccc2)c(I)c1. The van der Waals surface area contributed by atoms with Gasteiger partial charge in [-0.1, -0.05) is 41.9 Å². The molecule has 0 aliphatic heterocycles. The second-order valence-corrected chi connectivity index (χ2v) is 6.06. The zero-order valence-electron chi connectivity index (χ0n) is 11.0. The van der Waals surface area contributed by atoms with Crippen LogP contribution in [0.2, 0.25) is 5.02 Å². The molecule has 0 bridgehead atoms. The van der Waals surface area contributed by atoms with Crippen molar-refractivity contribution < 1.29 is 0 Å². The monoisotopic (exact) mass is 410 g/mol. The third kappa shape index (κ3) is 3.36. The molecule has 2 aromatic carbocycles. The number of H-pyrrole nitrogens is 1. The van der Waals surface area contributed by atoms with Crippen LogP contribution in [0.25, 0.3) is 11.3 Å². The lowest BCUT2D eigenvalue weighted by Gasteiger charge is -2.08. The summed E-state index contributed by atoms with van der Waals surface area (Å²) < 4.78 is 1.07. The van der Waals surface area contributed by atoms with Crippen LogP contribution in [-0.2, 0) is 6.54 Å². The Kier molecular flexibility index (Phi) is 4.40. The van der Waals surface area contributed by atoms with Crippen LogP contribution in [-0.4, -0.2) is 15.4 Å². The molecule has 0 fully saturated rings. The molecule has 0 saturated heterocycles. The zero-order valence-corrected chi connectivity index (χ0v) is 13.9. The van der Waals surface area contributed by atoms with Gasteiger partial charge < -0.3 is 5.32 Å². The van der Waals surface area contributed by atoms with Crippen molar-refractivity contribution in [3.63, 3.8) is 0 Å². The molecule has 0 radical (unpaired) electrons. The van der Waals surface area contributed by atoms with Gasteiger partial charge in [-0.05, 0) is 40.8 Å². The normalized spacial score (nSPS) is 10.6. The standard InChI is InChI=1S/C15H12ClIN4/c16-11-6-7-13(12(17)8-11)18-9-14-15(20-21-19-14)10-4-2-1-3-5-10/h1-8,18H,9H2,(H,19,20,21). The zero-order chi connectivity index (χ0) is 14.7. The van der Waals surface area contributed by atoms with Gasteiger partial charge in [-0.15, -0.1) is 0 Å². The molecule has 1 aromatic heterocycles. The van der Waals surface area contributed by atoms with E-state index in [0.717, 1.165) is 31.2 Å². The molecule has 21 heavy (non-hydrogen) atoms. The molecule has 0 saturated carbocycles. The maximum atomic E-state index is 5.96. The molecule has 0 atom stereocenters. The van der Waals surface area contributed by atoms with E-state index in [1.165, 1.54) is 0 Å². The fourth-order valence-corrected chi connectivity index (χ4v) is 3.08. The van der Waals surface area contributed by atoms with Crippen LogP contribution in [0.5, 0.6) is 0 Å². The summed E-state index contributed by atoms with van der Waals surface area (Å²) in [4.78, 5) is 0. The summed E-state index contributed by atoms with van der Waals surface area (Å²) in [5, 5.41) is 15.3. The average molecular weight is 411 g/mol. The number of rotatable bonds is 4. The highest BCUT2D eigenvalue weighted by atomic mass is 127. The summed E-state index contributed by atoms with van der Waals surface area (Å²) in [5.74, 6) is 0. The third-order valence-electron chi connectivity index (χ3n) is 3.04. The van der Waals surface area contributed by atoms with E-state index in [9.17, 15) is 0 Å². The predicted octanol–water partition coefficient (Wildman–Crippen LogP) is 4.34. The second-order valence-electron chi connectivity index (χ2n) is 4.46. The Morgan fingerprint density at radius 1 is 1.10 bits per heavy atom. The lowest BCUT2D eigenvalue weighted by Crippen LogP contribution is -2.02. The van der Waals surface area contributed by atoms with Crippen molar-refractivity contribution in [1.29, 1.82) is 0 Å². The Labute approximate surface area is 141 Å². The van der Waals surface area contributed by atoms with E-state index in [1.54, 1.807) is 0 Å². The number of aromatic nitrogens is 3. The predicted molar refractivity (Wildman–Crippen MR) is 93.3 cm³/mol. The lowest BCUT2D eigenvalue weighted by atomic mass is 10.1. The second kappa shape index (κ2) is 6.44. The molecule has 0 aliphatic rings. The van der Waals surface area contributed by atoms with E-state index in [4.69, 9.17) is 11.6 Å². The summed E-state index contributed by atoms with van der Waals surface area (Å²) in [6, 6.07) is 15.8. The number of nitrogens with one attached hydrogen (secondary N) is 2. The molecule has 0 amide bonds. The van der Waals surface area contributed by atoms with Crippen LogP contribution < -0.4 is 5.32 Å². The van der Waals surface area contributed by atoms with E-state index >= 15 is 0 Å². The van der Waals surface area contributed by atoms with Gasteiger partial charge in [0, 0.05) is 19.8 Å². The summed E-state index contributed by atoms with van der Waals surface area (Å²) in [6.45, 7) is 0.596. The highest BCUT2D eigenvalue weighted by Gasteiger charge is 2.10. The number of hydrogen-bond acceptors (Lipinski definition) is 3. The number of benzene rings is 2. The number of aromatic amines is 1. The maximum Gasteiger partial charge on any atom is 0.117 e. The van der Waals surface area contributed by atoms with Crippen molar-refractivity contribution in [2.24, 2.45) is 0 Å². The largest absolute Gasteiger partial charge is 0.378 e. The molecule has 4 nitrogen and oxygen atoms in total. The topological polar surface area (TPSA) is 53.6 Å². The van der Waals surface area contributed by atoms with Crippen molar-refractivity contribution >= 4 is 39.9 Å². The van der Waals surface area contributed by atoms with Gasteiger partial charge in [0.15, 0.2) is 0 Å². The molecule has 6 heteroatoms. The Hall–Kier alpha value is -1.60. The van der Waals surface area contributed by atoms with Gasteiger partial charge in [0.1, 0.15) is 11.4 Å². The lowest BCUT2D eigenvalue weighted by molar-refractivity contribution is 0.911. The smallest absolute Gasteiger partial charge is 0.117 e. The Bertz CT molecular complexity index is 742. The summed E-state index contributed by atoms with van der Waals surface area (Å²) >= 11 is 8.22. The van der Waals surface area contributed by atoms with Gasteiger partial charge in [0.2, 0.25) is 0 Å². The van der Waals surface area contributed by atoms with Crippen molar-refractivity contribution in [3.8, 4) is 11.3 Å². The van der Waals surface area contributed by atoms with Crippen LogP contribution >= 0.6 is 34.2 Å². The minimum Gasteiger partial charge on any atom is -0.378 e.